The Hall–Kier alpha value is -2.33. The molecule has 1 fully saturated rings. The summed E-state index contributed by atoms with van der Waals surface area (Å²) in [7, 11) is 1.69. The lowest BCUT2D eigenvalue weighted by Crippen LogP contribution is -2.32. The van der Waals surface area contributed by atoms with E-state index in [1.165, 1.54) is 11.1 Å². The summed E-state index contributed by atoms with van der Waals surface area (Å²) in [6.45, 7) is 4.03. The van der Waals surface area contributed by atoms with Gasteiger partial charge in [0.05, 0.1) is 7.11 Å². The molecule has 0 unspecified atom stereocenters. The number of methoxy groups -OCH3 is 1. The van der Waals surface area contributed by atoms with E-state index in [1.807, 2.05) is 35.2 Å². The van der Waals surface area contributed by atoms with Crippen molar-refractivity contribution in [1.82, 2.24) is 9.80 Å². The zero-order valence-electron chi connectivity index (χ0n) is 14.1. The molecule has 0 aromatic heterocycles. The minimum Gasteiger partial charge on any atom is -0.497 e. The predicted molar refractivity (Wildman–Crippen MR) is 94.7 cm³/mol. The smallest absolute Gasteiger partial charge is 0.224 e. The Labute approximate surface area is 143 Å². The summed E-state index contributed by atoms with van der Waals surface area (Å²) in [4.78, 5) is 16.7. The van der Waals surface area contributed by atoms with Gasteiger partial charge >= 0.3 is 0 Å². The van der Waals surface area contributed by atoms with Crippen LogP contribution in [0.1, 0.15) is 17.5 Å². The normalized spacial score (nSPS) is 16.0. The van der Waals surface area contributed by atoms with Crippen molar-refractivity contribution < 1.29 is 9.53 Å². The predicted octanol–water partition coefficient (Wildman–Crippen LogP) is 2.93. The number of hydrogen-bond donors (Lipinski definition) is 0. The number of nitrogens with zero attached hydrogens (tertiary/aromatic N) is 2. The van der Waals surface area contributed by atoms with Crippen LogP contribution in [0.5, 0.6) is 5.75 Å². The van der Waals surface area contributed by atoms with Gasteiger partial charge < -0.3 is 9.64 Å². The van der Waals surface area contributed by atoms with Gasteiger partial charge in [0.15, 0.2) is 0 Å². The highest BCUT2D eigenvalue weighted by Crippen LogP contribution is 2.16. The van der Waals surface area contributed by atoms with E-state index in [1.54, 1.807) is 7.11 Å². The fourth-order valence-corrected chi connectivity index (χ4v) is 3.07. The molecule has 0 saturated carbocycles. The van der Waals surface area contributed by atoms with Crippen molar-refractivity contribution in [3.63, 3.8) is 0 Å². The highest BCUT2D eigenvalue weighted by Gasteiger charge is 2.21. The summed E-state index contributed by atoms with van der Waals surface area (Å²) in [5, 5.41) is 0. The molecule has 1 aliphatic heterocycles. The largest absolute Gasteiger partial charge is 0.497 e. The second-order valence-corrected chi connectivity index (χ2v) is 6.18. The highest BCUT2D eigenvalue weighted by molar-refractivity contribution is 5.76. The van der Waals surface area contributed by atoms with Crippen molar-refractivity contribution in [3.05, 3.63) is 65.7 Å². The summed E-state index contributed by atoms with van der Waals surface area (Å²) in [6, 6.07) is 18.3. The zero-order valence-corrected chi connectivity index (χ0v) is 14.1. The molecular weight excluding hydrogens is 300 g/mol. The molecule has 1 aliphatic rings. The fraction of sp³-hybridized carbons (Fsp3) is 0.350. The molecule has 1 heterocycles. The van der Waals surface area contributed by atoms with E-state index in [4.69, 9.17) is 4.74 Å². The van der Waals surface area contributed by atoms with Crippen molar-refractivity contribution in [2.75, 3.05) is 26.7 Å². The van der Waals surface area contributed by atoms with E-state index < -0.39 is 0 Å². The number of ether oxygens (including phenoxy) is 1. The standard InChI is InChI=1S/C20H24N2O2/c1-24-19-9-5-8-18(14-19)15-21-11-10-20(23)22(13-12-21)16-17-6-3-2-4-7-17/h2-9,14H,10-13,15-16H2,1H3. The molecule has 0 atom stereocenters. The average Bonchev–Trinajstić information content (AvgIpc) is 2.79. The topological polar surface area (TPSA) is 32.8 Å². The lowest BCUT2D eigenvalue weighted by molar-refractivity contribution is -0.130. The molecule has 2 aromatic rings. The Morgan fingerprint density at radius 3 is 2.50 bits per heavy atom. The molecule has 0 bridgehead atoms. The van der Waals surface area contributed by atoms with Crippen molar-refractivity contribution >= 4 is 5.91 Å². The highest BCUT2D eigenvalue weighted by atomic mass is 16.5. The molecule has 24 heavy (non-hydrogen) atoms. The summed E-state index contributed by atoms with van der Waals surface area (Å²) < 4.78 is 5.29. The van der Waals surface area contributed by atoms with E-state index in [-0.39, 0.29) is 5.91 Å². The second kappa shape index (κ2) is 7.97. The van der Waals surface area contributed by atoms with Crippen LogP contribution in [0.4, 0.5) is 0 Å². The van der Waals surface area contributed by atoms with Crippen molar-refractivity contribution in [1.29, 1.82) is 0 Å². The Balaban J connectivity index is 1.60. The first-order chi connectivity index (χ1) is 11.7. The summed E-state index contributed by atoms with van der Waals surface area (Å²) >= 11 is 0. The Morgan fingerprint density at radius 2 is 1.71 bits per heavy atom. The van der Waals surface area contributed by atoms with Crippen LogP contribution in [0.15, 0.2) is 54.6 Å². The first-order valence-electron chi connectivity index (χ1n) is 8.41. The number of hydrogen-bond acceptors (Lipinski definition) is 3. The van der Waals surface area contributed by atoms with Crippen LogP contribution in [0.25, 0.3) is 0 Å². The molecule has 4 nitrogen and oxygen atoms in total. The van der Waals surface area contributed by atoms with Gasteiger partial charge in [0.1, 0.15) is 5.75 Å². The maximum Gasteiger partial charge on any atom is 0.224 e. The molecule has 0 spiro atoms. The summed E-state index contributed by atoms with van der Waals surface area (Å²) in [6.07, 6.45) is 0.580. The van der Waals surface area contributed by atoms with Gasteiger partial charge in [0.2, 0.25) is 5.91 Å². The summed E-state index contributed by atoms with van der Waals surface area (Å²) in [5.41, 5.74) is 2.41. The SMILES string of the molecule is COc1cccc(CN2CCC(=O)N(Cc3ccccc3)CC2)c1. The molecule has 1 saturated heterocycles. The number of carbonyl (C=O) groups is 1. The third-order valence-corrected chi connectivity index (χ3v) is 4.44. The van der Waals surface area contributed by atoms with Gasteiger partial charge in [-0.25, -0.2) is 0 Å². The van der Waals surface area contributed by atoms with Gasteiger partial charge in [-0.05, 0) is 23.3 Å². The average molecular weight is 324 g/mol. The van der Waals surface area contributed by atoms with E-state index in [9.17, 15) is 4.79 Å². The number of carbonyl (C=O) groups excluding carboxylic acids is 1. The minimum atomic E-state index is 0.243. The lowest BCUT2D eigenvalue weighted by atomic mass is 10.2. The number of amides is 1. The number of rotatable bonds is 5. The molecule has 4 heteroatoms. The van der Waals surface area contributed by atoms with E-state index in [0.717, 1.165) is 31.9 Å². The summed E-state index contributed by atoms with van der Waals surface area (Å²) in [5.74, 6) is 1.12. The number of benzene rings is 2. The van der Waals surface area contributed by atoms with Gasteiger partial charge in [-0.15, -0.1) is 0 Å². The molecule has 3 rings (SSSR count). The van der Waals surface area contributed by atoms with E-state index >= 15 is 0 Å². The van der Waals surface area contributed by atoms with Crippen LogP contribution in [0.2, 0.25) is 0 Å². The molecule has 0 radical (unpaired) electrons. The molecule has 0 N–H and O–H groups in total. The zero-order chi connectivity index (χ0) is 16.8. The van der Waals surface area contributed by atoms with Crippen molar-refractivity contribution in [2.24, 2.45) is 0 Å². The maximum absolute atomic E-state index is 12.4. The first-order valence-corrected chi connectivity index (χ1v) is 8.41. The third-order valence-electron chi connectivity index (χ3n) is 4.44. The van der Waals surface area contributed by atoms with Crippen LogP contribution in [0.3, 0.4) is 0 Å². The Bertz CT molecular complexity index is 672. The molecule has 1 amide bonds. The van der Waals surface area contributed by atoms with Crippen LogP contribution >= 0.6 is 0 Å². The van der Waals surface area contributed by atoms with Gasteiger partial charge in [-0.2, -0.15) is 0 Å². The van der Waals surface area contributed by atoms with E-state index in [0.29, 0.717) is 13.0 Å². The fourth-order valence-electron chi connectivity index (χ4n) is 3.07. The van der Waals surface area contributed by atoms with Gasteiger partial charge in [0.25, 0.3) is 0 Å². The van der Waals surface area contributed by atoms with Crippen LogP contribution < -0.4 is 4.74 Å². The lowest BCUT2D eigenvalue weighted by Gasteiger charge is -2.22. The van der Waals surface area contributed by atoms with Crippen LogP contribution in [-0.4, -0.2) is 42.5 Å². The van der Waals surface area contributed by atoms with Crippen LogP contribution in [0, 0.1) is 0 Å². The molecule has 126 valence electrons. The van der Waals surface area contributed by atoms with E-state index in [2.05, 4.69) is 29.2 Å². The quantitative estimate of drug-likeness (QED) is 0.848. The Morgan fingerprint density at radius 1 is 0.917 bits per heavy atom. The van der Waals surface area contributed by atoms with Crippen molar-refractivity contribution in [2.45, 2.75) is 19.5 Å². The Kier molecular flexibility index (Phi) is 5.49. The first kappa shape index (κ1) is 16.5. The molecule has 0 aliphatic carbocycles. The monoisotopic (exact) mass is 324 g/mol. The molecular formula is C20H24N2O2. The van der Waals surface area contributed by atoms with Crippen LogP contribution in [-0.2, 0) is 17.9 Å². The van der Waals surface area contributed by atoms with Crippen molar-refractivity contribution in [3.8, 4) is 5.75 Å². The van der Waals surface area contributed by atoms with Gasteiger partial charge in [-0.1, -0.05) is 42.5 Å². The second-order valence-electron chi connectivity index (χ2n) is 6.18. The minimum absolute atomic E-state index is 0.243. The third kappa shape index (κ3) is 4.36. The van der Waals surface area contributed by atoms with Gasteiger partial charge in [0, 0.05) is 39.1 Å². The van der Waals surface area contributed by atoms with Gasteiger partial charge in [-0.3, -0.25) is 9.69 Å². The molecule has 2 aromatic carbocycles. The maximum atomic E-state index is 12.4.